The molecule has 6 nitrogen and oxygen atoms in total. The topological polar surface area (TPSA) is 69.0 Å². The highest BCUT2D eigenvalue weighted by atomic mass is 32.2. The normalized spacial score (nSPS) is 10.7. The van der Waals surface area contributed by atoms with Crippen LogP contribution >= 0.6 is 11.8 Å². The number of unbranched alkanes of at least 4 members (excludes halogenated alkanes) is 1. The maximum atomic E-state index is 12.1. The van der Waals surface area contributed by atoms with Gasteiger partial charge >= 0.3 is 0 Å². The highest BCUT2D eigenvalue weighted by molar-refractivity contribution is 7.99. The monoisotopic (exact) mass is 424 g/mol. The molecular weight excluding hydrogens is 396 g/mol. The van der Waals surface area contributed by atoms with E-state index in [1.807, 2.05) is 54.1 Å². The fourth-order valence-corrected chi connectivity index (χ4v) is 3.64. The van der Waals surface area contributed by atoms with Crippen LogP contribution in [0.2, 0.25) is 0 Å². The van der Waals surface area contributed by atoms with E-state index >= 15 is 0 Å². The van der Waals surface area contributed by atoms with Gasteiger partial charge in [0.15, 0.2) is 11.0 Å². The minimum absolute atomic E-state index is 0.00550. The van der Waals surface area contributed by atoms with E-state index in [4.69, 9.17) is 4.74 Å². The summed E-state index contributed by atoms with van der Waals surface area (Å²) in [7, 11) is 1.91. The van der Waals surface area contributed by atoms with Crippen LogP contribution in [0.5, 0.6) is 5.75 Å². The lowest BCUT2D eigenvalue weighted by Crippen LogP contribution is -2.27. The van der Waals surface area contributed by atoms with Crippen LogP contribution < -0.4 is 10.1 Å². The van der Waals surface area contributed by atoms with Gasteiger partial charge in [-0.25, -0.2) is 0 Å². The molecule has 0 bridgehead atoms. The van der Waals surface area contributed by atoms with E-state index in [2.05, 4.69) is 34.6 Å². The zero-order valence-corrected chi connectivity index (χ0v) is 18.3. The minimum atomic E-state index is -0.00550. The number of aromatic nitrogens is 3. The second-order valence-electron chi connectivity index (χ2n) is 6.97. The molecule has 0 fully saturated rings. The summed E-state index contributed by atoms with van der Waals surface area (Å²) in [5.41, 5.74) is 2.18. The zero-order valence-electron chi connectivity index (χ0n) is 17.5. The van der Waals surface area contributed by atoms with Gasteiger partial charge in [-0.15, -0.1) is 10.2 Å². The molecule has 0 atom stereocenters. The van der Waals surface area contributed by atoms with Crippen molar-refractivity contribution in [3.63, 3.8) is 0 Å². The molecule has 2 aromatic carbocycles. The Kier molecular flexibility index (Phi) is 8.32. The van der Waals surface area contributed by atoms with Gasteiger partial charge < -0.3 is 14.6 Å². The van der Waals surface area contributed by atoms with Crippen molar-refractivity contribution >= 4 is 17.7 Å². The Morgan fingerprint density at radius 1 is 1.10 bits per heavy atom. The van der Waals surface area contributed by atoms with Crippen LogP contribution in [-0.2, 0) is 18.3 Å². The number of amides is 1. The van der Waals surface area contributed by atoms with Crippen molar-refractivity contribution in [2.75, 3.05) is 18.9 Å². The fourth-order valence-electron chi connectivity index (χ4n) is 2.90. The standard InChI is InChI=1S/C23H28N4O2S/c1-3-4-16-29-20-12-10-19(11-13-20)22-25-26-23(27(22)2)30-17-21(28)24-15-14-18-8-6-5-7-9-18/h5-13H,3-4,14-17H2,1-2H3,(H,24,28). The molecule has 0 saturated carbocycles. The van der Waals surface area contributed by atoms with Crippen LogP contribution in [0.25, 0.3) is 11.4 Å². The van der Waals surface area contributed by atoms with Crippen molar-refractivity contribution in [3.05, 3.63) is 60.2 Å². The number of ether oxygens (including phenoxy) is 1. The molecule has 0 aliphatic heterocycles. The van der Waals surface area contributed by atoms with Gasteiger partial charge in [0.05, 0.1) is 12.4 Å². The van der Waals surface area contributed by atoms with Crippen LogP contribution in [0.15, 0.2) is 59.8 Å². The van der Waals surface area contributed by atoms with E-state index in [9.17, 15) is 4.79 Å². The Labute approximate surface area is 182 Å². The Balaban J connectivity index is 1.48. The first-order valence-electron chi connectivity index (χ1n) is 10.2. The molecule has 1 aromatic heterocycles. The molecule has 0 unspecified atom stereocenters. The first-order valence-corrected chi connectivity index (χ1v) is 11.2. The van der Waals surface area contributed by atoms with Crippen molar-refractivity contribution in [1.29, 1.82) is 0 Å². The lowest BCUT2D eigenvalue weighted by molar-refractivity contribution is -0.118. The quantitative estimate of drug-likeness (QED) is 0.371. The number of nitrogens with one attached hydrogen (secondary N) is 1. The number of nitrogens with zero attached hydrogens (tertiary/aromatic N) is 3. The van der Waals surface area contributed by atoms with Gasteiger partial charge in [-0.1, -0.05) is 55.4 Å². The first kappa shape index (κ1) is 21.9. The first-order chi connectivity index (χ1) is 14.7. The SMILES string of the molecule is CCCCOc1ccc(-c2nnc(SCC(=O)NCCc3ccccc3)n2C)cc1. The molecule has 0 radical (unpaired) electrons. The maximum Gasteiger partial charge on any atom is 0.230 e. The number of rotatable bonds is 11. The number of hydrogen-bond donors (Lipinski definition) is 1. The average molecular weight is 425 g/mol. The van der Waals surface area contributed by atoms with Gasteiger partial charge in [0, 0.05) is 19.2 Å². The predicted molar refractivity (Wildman–Crippen MR) is 121 cm³/mol. The summed E-state index contributed by atoms with van der Waals surface area (Å²) in [6.07, 6.45) is 2.98. The van der Waals surface area contributed by atoms with E-state index < -0.39 is 0 Å². The van der Waals surface area contributed by atoms with Crippen molar-refractivity contribution in [2.24, 2.45) is 7.05 Å². The smallest absolute Gasteiger partial charge is 0.230 e. The van der Waals surface area contributed by atoms with Crippen molar-refractivity contribution in [2.45, 2.75) is 31.3 Å². The molecule has 7 heteroatoms. The van der Waals surface area contributed by atoms with Gasteiger partial charge in [0.2, 0.25) is 5.91 Å². The summed E-state index contributed by atoms with van der Waals surface area (Å²) in [5, 5.41) is 12.2. The molecule has 30 heavy (non-hydrogen) atoms. The van der Waals surface area contributed by atoms with Crippen molar-refractivity contribution in [3.8, 4) is 17.1 Å². The summed E-state index contributed by atoms with van der Waals surface area (Å²) >= 11 is 1.39. The molecule has 0 spiro atoms. The molecule has 0 saturated heterocycles. The summed E-state index contributed by atoms with van der Waals surface area (Å²) in [6.45, 7) is 3.50. The number of carbonyl (C=O) groups excluding carboxylic acids is 1. The van der Waals surface area contributed by atoms with Gasteiger partial charge in [0.25, 0.3) is 0 Å². The zero-order chi connectivity index (χ0) is 21.2. The number of thioether (sulfide) groups is 1. The van der Waals surface area contributed by atoms with Crippen molar-refractivity contribution < 1.29 is 9.53 Å². The second kappa shape index (κ2) is 11.4. The van der Waals surface area contributed by atoms with E-state index in [0.717, 1.165) is 43.0 Å². The van der Waals surface area contributed by atoms with Crippen molar-refractivity contribution in [1.82, 2.24) is 20.1 Å². The Bertz CT molecular complexity index is 926. The third-order valence-electron chi connectivity index (χ3n) is 4.63. The third kappa shape index (κ3) is 6.35. The molecule has 1 amide bonds. The fraction of sp³-hybridized carbons (Fsp3) is 0.348. The average Bonchev–Trinajstić information content (AvgIpc) is 3.14. The molecule has 3 aromatic rings. The Morgan fingerprint density at radius 2 is 1.87 bits per heavy atom. The maximum absolute atomic E-state index is 12.1. The number of carbonyl (C=O) groups is 1. The number of benzene rings is 2. The highest BCUT2D eigenvalue weighted by Crippen LogP contribution is 2.24. The van der Waals surface area contributed by atoms with E-state index in [-0.39, 0.29) is 5.91 Å². The third-order valence-corrected chi connectivity index (χ3v) is 5.65. The number of hydrogen-bond acceptors (Lipinski definition) is 5. The molecule has 1 N–H and O–H groups in total. The van der Waals surface area contributed by atoms with E-state index in [0.29, 0.717) is 17.5 Å². The second-order valence-corrected chi connectivity index (χ2v) is 7.91. The highest BCUT2D eigenvalue weighted by Gasteiger charge is 2.13. The summed E-state index contributed by atoms with van der Waals surface area (Å²) in [6, 6.07) is 18.0. The van der Waals surface area contributed by atoms with Gasteiger partial charge in [-0.05, 0) is 42.7 Å². The van der Waals surface area contributed by atoms with E-state index in [1.54, 1.807) is 0 Å². The van der Waals surface area contributed by atoms with Gasteiger partial charge in [-0.2, -0.15) is 0 Å². The minimum Gasteiger partial charge on any atom is -0.494 e. The summed E-state index contributed by atoms with van der Waals surface area (Å²) in [5.74, 6) is 1.93. The lowest BCUT2D eigenvalue weighted by atomic mass is 10.1. The largest absolute Gasteiger partial charge is 0.494 e. The molecule has 1 heterocycles. The van der Waals surface area contributed by atoms with Crippen LogP contribution in [0.1, 0.15) is 25.3 Å². The van der Waals surface area contributed by atoms with Crippen LogP contribution in [-0.4, -0.2) is 39.6 Å². The van der Waals surface area contributed by atoms with Gasteiger partial charge in [0.1, 0.15) is 5.75 Å². The molecule has 0 aliphatic carbocycles. The van der Waals surface area contributed by atoms with Gasteiger partial charge in [-0.3, -0.25) is 4.79 Å². The molecule has 0 aliphatic rings. The Morgan fingerprint density at radius 3 is 2.60 bits per heavy atom. The van der Waals surface area contributed by atoms with Crippen LogP contribution in [0, 0.1) is 0 Å². The molecule has 158 valence electrons. The lowest BCUT2D eigenvalue weighted by Gasteiger charge is -2.07. The summed E-state index contributed by atoms with van der Waals surface area (Å²) < 4.78 is 7.62. The molecular formula is C23H28N4O2S. The van der Waals surface area contributed by atoms with E-state index in [1.165, 1.54) is 17.3 Å². The Hall–Kier alpha value is -2.80. The summed E-state index contributed by atoms with van der Waals surface area (Å²) in [4.78, 5) is 12.1. The molecule has 3 rings (SSSR count). The van der Waals surface area contributed by atoms with Crippen LogP contribution in [0.3, 0.4) is 0 Å². The van der Waals surface area contributed by atoms with Crippen LogP contribution in [0.4, 0.5) is 0 Å². The predicted octanol–water partition coefficient (Wildman–Crippen LogP) is 4.11.